The van der Waals surface area contributed by atoms with Crippen molar-refractivity contribution in [1.82, 2.24) is 4.31 Å². The number of para-hydroxylation sites is 1. The highest BCUT2D eigenvalue weighted by Crippen LogP contribution is 2.36. The molecule has 7 nitrogen and oxygen atoms in total. The number of methoxy groups -OCH3 is 1. The summed E-state index contributed by atoms with van der Waals surface area (Å²) in [7, 11) is -1.32. The van der Waals surface area contributed by atoms with Crippen LogP contribution in [0.5, 0.6) is 5.75 Å². The van der Waals surface area contributed by atoms with Crippen LogP contribution in [-0.4, -0.2) is 37.9 Å². The topological polar surface area (TPSA) is 95.9 Å². The molecule has 2 aromatic rings. The van der Waals surface area contributed by atoms with Crippen molar-refractivity contribution in [1.29, 1.82) is 0 Å². The Hall–Kier alpha value is -3.00. The van der Waals surface area contributed by atoms with E-state index in [1.807, 2.05) is 0 Å². The number of aliphatic hydroxyl groups is 1. The van der Waals surface area contributed by atoms with Crippen LogP contribution in [0.2, 0.25) is 0 Å². The highest BCUT2D eigenvalue weighted by molar-refractivity contribution is 7.89. The second kappa shape index (κ2) is 6.14. The molecule has 0 aromatic heterocycles. The molecule has 25 heavy (non-hydrogen) atoms. The second-order valence-electron chi connectivity index (χ2n) is 5.35. The van der Waals surface area contributed by atoms with E-state index in [9.17, 15) is 18.3 Å². The smallest absolute Gasteiger partial charge is 0.276 e. The Kier molecular flexibility index (Phi) is 4.13. The molecular formula is C17H16N2O5S. The van der Waals surface area contributed by atoms with Crippen LogP contribution < -0.4 is 10.1 Å². The molecular weight excluding hydrogens is 344 g/mol. The molecule has 1 aliphatic rings. The Morgan fingerprint density at radius 1 is 1.16 bits per heavy atom. The van der Waals surface area contributed by atoms with Crippen LogP contribution in [0.3, 0.4) is 0 Å². The molecule has 1 amide bonds. The zero-order valence-electron chi connectivity index (χ0n) is 13.6. The number of anilines is 1. The van der Waals surface area contributed by atoms with Gasteiger partial charge in [-0.2, -0.15) is 0 Å². The number of amides is 1. The van der Waals surface area contributed by atoms with Crippen LogP contribution in [-0.2, 0) is 14.8 Å². The predicted molar refractivity (Wildman–Crippen MR) is 92.6 cm³/mol. The minimum Gasteiger partial charge on any atom is -0.505 e. The van der Waals surface area contributed by atoms with Gasteiger partial charge in [-0.1, -0.05) is 18.2 Å². The van der Waals surface area contributed by atoms with E-state index in [2.05, 4.69) is 5.32 Å². The van der Waals surface area contributed by atoms with Crippen molar-refractivity contribution in [2.45, 2.75) is 4.90 Å². The fourth-order valence-electron chi connectivity index (χ4n) is 2.55. The van der Waals surface area contributed by atoms with Crippen LogP contribution >= 0.6 is 0 Å². The number of fused-ring (bicyclic) bond motifs is 1. The lowest BCUT2D eigenvalue weighted by Gasteiger charge is -2.28. The fraction of sp³-hybridized carbons (Fsp3) is 0.118. The third-order valence-electron chi connectivity index (χ3n) is 3.87. The van der Waals surface area contributed by atoms with E-state index in [0.29, 0.717) is 11.4 Å². The molecule has 0 aliphatic carbocycles. The van der Waals surface area contributed by atoms with Crippen molar-refractivity contribution in [3.63, 3.8) is 0 Å². The van der Waals surface area contributed by atoms with Gasteiger partial charge in [0.2, 0.25) is 0 Å². The first-order chi connectivity index (χ1) is 11.9. The maximum Gasteiger partial charge on any atom is 0.276 e. The molecule has 1 aliphatic heterocycles. The van der Waals surface area contributed by atoms with Gasteiger partial charge in [0, 0.05) is 18.3 Å². The number of likely N-dealkylation sites (N-methyl/N-ethyl adjacent to an activating group) is 1. The summed E-state index contributed by atoms with van der Waals surface area (Å²) >= 11 is 0. The fourth-order valence-corrected chi connectivity index (χ4v) is 3.93. The largest absolute Gasteiger partial charge is 0.505 e. The number of nitrogens with one attached hydrogen (secondary N) is 1. The van der Waals surface area contributed by atoms with E-state index in [1.165, 1.54) is 32.4 Å². The summed E-state index contributed by atoms with van der Waals surface area (Å²) in [4.78, 5) is 12.5. The third kappa shape index (κ3) is 2.80. The maximum absolute atomic E-state index is 12.7. The summed E-state index contributed by atoms with van der Waals surface area (Å²) in [5.74, 6) is -0.796. The number of hydrogen-bond donors (Lipinski definition) is 2. The van der Waals surface area contributed by atoms with E-state index in [0.717, 1.165) is 4.31 Å². The second-order valence-corrected chi connectivity index (χ2v) is 7.29. The lowest BCUT2D eigenvalue weighted by atomic mass is 10.1. The minimum atomic E-state index is -3.97. The maximum atomic E-state index is 12.7. The average Bonchev–Trinajstić information content (AvgIpc) is 2.61. The van der Waals surface area contributed by atoms with Gasteiger partial charge < -0.3 is 15.2 Å². The molecule has 0 radical (unpaired) electrons. The number of benzene rings is 2. The van der Waals surface area contributed by atoms with Crippen LogP contribution in [0.25, 0.3) is 5.76 Å². The highest BCUT2D eigenvalue weighted by atomic mass is 32.2. The van der Waals surface area contributed by atoms with E-state index in [-0.39, 0.29) is 16.2 Å². The first-order valence-corrected chi connectivity index (χ1v) is 8.77. The number of aliphatic hydroxyl groups excluding tert-OH is 1. The lowest BCUT2D eigenvalue weighted by Crippen LogP contribution is -2.37. The molecule has 1 heterocycles. The van der Waals surface area contributed by atoms with Gasteiger partial charge in [-0.05, 0) is 30.3 Å². The Morgan fingerprint density at radius 2 is 1.84 bits per heavy atom. The number of hydrogen-bond acceptors (Lipinski definition) is 5. The van der Waals surface area contributed by atoms with Crippen molar-refractivity contribution < 1.29 is 23.1 Å². The monoisotopic (exact) mass is 360 g/mol. The number of ether oxygens (including phenoxy) is 1. The van der Waals surface area contributed by atoms with Crippen molar-refractivity contribution in [2.75, 3.05) is 19.5 Å². The number of sulfonamides is 1. The van der Waals surface area contributed by atoms with Gasteiger partial charge in [-0.3, -0.25) is 9.10 Å². The van der Waals surface area contributed by atoms with Gasteiger partial charge in [-0.15, -0.1) is 0 Å². The van der Waals surface area contributed by atoms with Gasteiger partial charge >= 0.3 is 0 Å². The first-order valence-electron chi connectivity index (χ1n) is 7.33. The SMILES string of the molecule is COc1ccc2c(c1)C(O)=C(C(=O)Nc1ccccc1)N(C)S2(=O)=O. The number of carbonyl (C=O) groups is 1. The number of carbonyl (C=O) groups excluding carboxylic acids is 1. The zero-order chi connectivity index (χ0) is 18.2. The van der Waals surface area contributed by atoms with Crippen LogP contribution in [0, 0.1) is 0 Å². The van der Waals surface area contributed by atoms with E-state index < -0.39 is 21.7 Å². The standard InChI is InChI=1S/C17H16N2O5S/c1-19-15(17(21)18-11-6-4-3-5-7-11)16(20)13-10-12(24-2)8-9-14(13)25(19,22)23/h3-10,20H,1-2H3,(H,18,21). The van der Waals surface area contributed by atoms with Gasteiger partial charge in [0.1, 0.15) is 5.75 Å². The van der Waals surface area contributed by atoms with Gasteiger partial charge in [-0.25, -0.2) is 8.42 Å². The summed E-state index contributed by atoms with van der Waals surface area (Å²) < 4.78 is 31.2. The summed E-state index contributed by atoms with van der Waals surface area (Å²) in [5.41, 5.74) is 0.148. The molecule has 130 valence electrons. The van der Waals surface area contributed by atoms with Gasteiger partial charge in [0.05, 0.1) is 12.0 Å². The Bertz CT molecular complexity index is 968. The highest BCUT2D eigenvalue weighted by Gasteiger charge is 2.38. The van der Waals surface area contributed by atoms with E-state index in [1.54, 1.807) is 30.3 Å². The quantitative estimate of drug-likeness (QED) is 0.875. The summed E-state index contributed by atoms with van der Waals surface area (Å²) in [6.45, 7) is 0. The van der Waals surface area contributed by atoms with Crippen molar-refractivity contribution in [2.24, 2.45) is 0 Å². The van der Waals surface area contributed by atoms with Crippen LogP contribution in [0.15, 0.2) is 59.1 Å². The molecule has 0 saturated carbocycles. The van der Waals surface area contributed by atoms with Crippen molar-refractivity contribution >= 4 is 27.4 Å². The third-order valence-corrected chi connectivity index (χ3v) is 5.68. The molecule has 2 aromatic carbocycles. The molecule has 0 unspecified atom stereocenters. The minimum absolute atomic E-state index is 0.0238. The normalized spacial score (nSPS) is 15.5. The number of nitrogens with zero attached hydrogens (tertiary/aromatic N) is 1. The van der Waals surface area contributed by atoms with Crippen molar-refractivity contribution in [3.05, 3.63) is 59.8 Å². The molecule has 8 heteroatoms. The summed E-state index contributed by atoms with van der Waals surface area (Å²) in [6.07, 6.45) is 0. The lowest BCUT2D eigenvalue weighted by molar-refractivity contribution is -0.113. The Balaban J connectivity index is 2.12. The molecule has 0 bridgehead atoms. The molecule has 0 spiro atoms. The van der Waals surface area contributed by atoms with E-state index >= 15 is 0 Å². The van der Waals surface area contributed by atoms with Crippen LogP contribution in [0.4, 0.5) is 5.69 Å². The summed E-state index contributed by atoms with van der Waals surface area (Å²) in [6, 6.07) is 12.7. The molecule has 2 N–H and O–H groups in total. The number of rotatable bonds is 3. The van der Waals surface area contributed by atoms with Gasteiger partial charge in [0.15, 0.2) is 11.5 Å². The zero-order valence-corrected chi connectivity index (χ0v) is 14.4. The Labute approximate surface area is 145 Å². The first kappa shape index (κ1) is 16.8. The van der Waals surface area contributed by atoms with Crippen LogP contribution in [0.1, 0.15) is 5.56 Å². The molecule has 3 rings (SSSR count). The average molecular weight is 360 g/mol. The molecule has 0 saturated heterocycles. The van der Waals surface area contributed by atoms with Gasteiger partial charge in [0.25, 0.3) is 15.9 Å². The molecule has 0 atom stereocenters. The summed E-state index contributed by atoms with van der Waals surface area (Å²) in [5, 5.41) is 13.1. The molecule has 0 fully saturated rings. The predicted octanol–water partition coefficient (Wildman–Crippen LogP) is 2.19. The van der Waals surface area contributed by atoms with E-state index in [4.69, 9.17) is 4.74 Å². The Morgan fingerprint density at radius 3 is 2.48 bits per heavy atom. The van der Waals surface area contributed by atoms with Crippen molar-refractivity contribution in [3.8, 4) is 5.75 Å².